The summed E-state index contributed by atoms with van der Waals surface area (Å²) < 4.78 is 4.18. The van der Waals surface area contributed by atoms with Gasteiger partial charge in [0.15, 0.2) is 5.52 Å². The Hall–Kier alpha value is -2.44. The first-order chi connectivity index (χ1) is 11.2. The van der Waals surface area contributed by atoms with Crippen molar-refractivity contribution in [2.24, 2.45) is 0 Å². The zero-order valence-corrected chi connectivity index (χ0v) is 12.8. The smallest absolute Gasteiger partial charge is 0.322 e. The number of aryl methyl sites for hydroxylation is 4. The monoisotopic (exact) mass is 311 g/mol. The van der Waals surface area contributed by atoms with Crippen molar-refractivity contribution in [1.82, 2.24) is 19.1 Å². The standard InChI is InChI=1S/C16H17N5O2/c22-21(23)16-14-11(19-7-3-1-6-13(19)18-14)9-10-15(16)20-8-4-2-5-12(20)17-10/h9H,1-8H2. The molecule has 0 aliphatic carbocycles. The summed E-state index contributed by atoms with van der Waals surface area (Å²) >= 11 is 0. The van der Waals surface area contributed by atoms with E-state index < -0.39 is 0 Å². The summed E-state index contributed by atoms with van der Waals surface area (Å²) in [6.45, 7) is 1.70. The summed E-state index contributed by atoms with van der Waals surface area (Å²) in [4.78, 5) is 20.9. The Labute approximate surface area is 132 Å². The molecule has 0 unspecified atom stereocenters. The van der Waals surface area contributed by atoms with Crippen LogP contribution in [-0.4, -0.2) is 24.0 Å². The third-order valence-corrected chi connectivity index (χ3v) is 5.13. The van der Waals surface area contributed by atoms with Gasteiger partial charge in [-0.25, -0.2) is 9.97 Å². The number of rotatable bonds is 1. The highest BCUT2D eigenvalue weighted by atomic mass is 16.6. The highest BCUT2D eigenvalue weighted by molar-refractivity contribution is 6.03. The summed E-state index contributed by atoms with van der Waals surface area (Å²) in [5, 5.41) is 11.8. The number of non-ortho nitro benzene ring substituents is 1. The Morgan fingerprint density at radius 1 is 1.00 bits per heavy atom. The van der Waals surface area contributed by atoms with E-state index in [0.29, 0.717) is 11.0 Å². The molecule has 4 heterocycles. The van der Waals surface area contributed by atoms with Crippen molar-refractivity contribution >= 4 is 27.8 Å². The van der Waals surface area contributed by atoms with Crippen LogP contribution in [0.2, 0.25) is 0 Å². The van der Waals surface area contributed by atoms with Crippen molar-refractivity contribution in [3.8, 4) is 0 Å². The predicted molar refractivity (Wildman–Crippen MR) is 85.6 cm³/mol. The fourth-order valence-corrected chi connectivity index (χ4v) is 4.10. The molecule has 0 atom stereocenters. The fourth-order valence-electron chi connectivity index (χ4n) is 4.10. The van der Waals surface area contributed by atoms with Gasteiger partial charge >= 0.3 is 5.69 Å². The molecular weight excluding hydrogens is 294 g/mol. The van der Waals surface area contributed by atoms with Crippen LogP contribution >= 0.6 is 0 Å². The van der Waals surface area contributed by atoms with Gasteiger partial charge in [-0.15, -0.1) is 0 Å². The lowest BCUT2D eigenvalue weighted by molar-refractivity contribution is -0.381. The zero-order chi connectivity index (χ0) is 15.6. The molecule has 0 amide bonds. The van der Waals surface area contributed by atoms with E-state index in [1.54, 1.807) is 0 Å². The van der Waals surface area contributed by atoms with E-state index >= 15 is 0 Å². The molecule has 0 spiro atoms. The number of benzene rings is 1. The van der Waals surface area contributed by atoms with Crippen LogP contribution in [0, 0.1) is 10.1 Å². The van der Waals surface area contributed by atoms with E-state index in [9.17, 15) is 10.1 Å². The van der Waals surface area contributed by atoms with Crippen molar-refractivity contribution in [3.63, 3.8) is 0 Å². The Morgan fingerprint density at radius 2 is 1.70 bits per heavy atom. The highest BCUT2D eigenvalue weighted by Gasteiger charge is 2.29. The first-order valence-corrected chi connectivity index (χ1v) is 8.29. The largest absolute Gasteiger partial charge is 0.328 e. The Balaban J connectivity index is 1.94. The quantitative estimate of drug-likeness (QED) is 0.511. The van der Waals surface area contributed by atoms with Crippen LogP contribution in [0.4, 0.5) is 5.69 Å². The van der Waals surface area contributed by atoms with E-state index in [1.165, 1.54) is 0 Å². The van der Waals surface area contributed by atoms with Crippen molar-refractivity contribution < 1.29 is 4.92 Å². The molecule has 0 N–H and O–H groups in total. The Kier molecular flexibility index (Phi) is 2.57. The van der Waals surface area contributed by atoms with Crippen LogP contribution in [-0.2, 0) is 25.9 Å². The van der Waals surface area contributed by atoms with Crippen molar-refractivity contribution in [2.75, 3.05) is 0 Å². The lowest BCUT2D eigenvalue weighted by Crippen LogP contribution is -2.11. The molecule has 5 rings (SSSR count). The minimum atomic E-state index is -0.271. The van der Waals surface area contributed by atoms with Gasteiger partial charge in [-0.3, -0.25) is 10.1 Å². The van der Waals surface area contributed by atoms with Crippen LogP contribution in [0.5, 0.6) is 0 Å². The van der Waals surface area contributed by atoms with Crippen LogP contribution < -0.4 is 0 Å². The van der Waals surface area contributed by atoms with Gasteiger partial charge in [-0.2, -0.15) is 0 Å². The second-order valence-electron chi connectivity index (χ2n) is 6.49. The summed E-state index contributed by atoms with van der Waals surface area (Å²) in [5.41, 5.74) is 2.95. The maximum absolute atomic E-state index is 11.8. The third-order valence-electron chi connectivity index (χ3n) is 5.13. The molecular formula is C16H17N5O2. The van der Waals surface area contributed by atoms with E-state index in [1.807, 2.05) is 10.6 Å². The van der Waals surface area contributed by atoms with Gasteiger partial charge in [0.25, 0.3) is 0 Å². The Morgan fingerprint density at radius 3 is 2.43 bits per heavy atom. The number of imidazole rings is 2. The number of nitro benzene ring substituents is 1. The average Bonchev–Trinajstić information content (AvgIpc) is 3.10. The third kappa shape index (κ3) is 1.70. The van der Waals surface area contributed by atoms with Gasteiger partial charge in [0, 0.05) is 25.9 Å². The first-order valence-electron chi connectivity index (χ1n) is 8.29. The molecule has 7 heteroatoms. The molecule has 23 heavy (non-hydrogen) atoms. The predicted octanol–water partition coefficient (Wildman–Crippen LogP) is 2.97. The van der Waals surface area contributed by atoms with E-state index in [4.69, 9.17) is 4.98 Å². The van der Waals surface area contributed by atoms with Crippen LogP contribution in [0.25, 0.3) is 22.1 Å². The number of fused-ring (bicyclic) bond motifs is 6. The van der Waals surface area contributed by atoms with Crippen molar-refractivity contribution in [2.45, 2.75) is 51.6 Å². The van der Waals surface area contributed by atoms with Gasteiger partial charge in [-0.05, 0) is 31.7 Å². The van der Waals surface area contributed by atoms with Gasteiger partial charge in [0.05, 0.1) is 16.0 Å². The van der Waals surface area contributed by atoms with Gasteiger partial charge in [-0.1, -0.05) is 0 Å². The molecule has 0 radical (unpaired) electrons. The van der Waals surface area contributed by atoms with Gasteiger partial charge in [0.1, 0.15) is 17.2 Å². The zero-order valence-electron chi connectivity index (χ0n) is 12.8. The van der Waals surface area contributed by atoms with Crippen LogP contribution in [0.15, 0.2) is 6.07 Å². The van der Waals surface area contributed by atoms with E-state index in [0.717, 1.165) is 74.3 Å². The average molecular weight is 311 g/mol. The normalized spacial score (nSPS) is 17.4. The lowest BCUT2D eigenvalue weighted by Gasteiger charge is -2.14. The van der Waals surface area contributed by atoms with Gasteiger partial charge < -0.3 is 9.13 Å². The van der Waals surface area contributed by atoms with E-state index in [-0.39, 0.29) is 10.6 Å². The number of hydrogen-bond acceptors (Lipinski definition) is 4. The molecule has 3 aromatic rings. The molecule has 0 bridgehead atoms. The maximum Gasteiger partial charge on any atom is 0.322 e. The number of nitro groups is 1. The number of hydrogen-bond donors (Lipinski definition) is 0. The lowest BCUT2D eigenvalue weighted by atomic mass is 10.1. The molecule has 2 aliphatic rings. The molecule has 2 aliphatic heterocycles. The van der Waals surface area contributed by atoms with Crippen LogP contribution in [0.1, 0.15) is 37.3 Å². The van der Waals surface area contributed by atoms with Crippen molar-refractivity contribution in [3.05, 3.63) is 27.8 Å². The molecule has 118 valence electrons. The van der Waals surface area contributed by atoms with Crippen molar-refractivity contribution in [1.29, 1.82) is 0 Å². The molecule has 0 fully saturated rings. The number of aromatic nitrogens is 4. The minimum Gasteiger partial charge on any atom is -0.328 e. The highest BCUT2D eigenvalue weighted by Crippen LogP contribution is 2.37. The minimum absolute atomic E-state index is 0.139. The van der Waals surface area contributed by atoms with E-state index in [2.05, 4.69) is 9.55 Å². The summed E-state index contributed by atoms with van der Waals surface area (Å²) in [6, 6.07) is 2.00. The van der Waals surface area contributed by atoms with Crippen LogP contribution in [0.3, 0.4) is 0 Å². The van der Waals surface area contributed by atoms with Gasteiger partial charge in [0.2, 0.25) is 0 Å². The molecule has 7 nitrogen and oxygen atoms in total. The Bertz CT molecular complexity index is 966. The summed E-state index contributed by atoms with van der Waals surface area (Å²) in [6.07, 6.45) is 6.15. The molecule has 2 aromatic heterocycles. The second-order valence-corrected chi connectivity index (χ2v) is 6.49. The molecule has 1 aromatic carbocycles. The topological polar surface area (TPSA) is 78.8 Å². The molecule has 0 saturated heterocycles. The maximum atomic E-state index is 11.8. The fraction of sp³-hybridized carbons (Fsp3) is 0.500. The number of nitrogens with zero attached hydrogens (tertiary/aromatic N) is 5. The summed E-state index contributed by atoms with van der Waals surface area (Å²) in [7, 11) is 0. The second kappa shape index (κ2) is 4.53. The summed E-state index contributed by atoms with van der Waals surface area (Å²) in [5.74, 6) is 1.95. The molecule has 0 saturated carbocycles. The first kappa shape index (κ1) is 13.0. The SMILES string of the molecule is O=[N+]([O-])c1c2nc3n(c2cc2nc4n(c12)CCCC4)CCCC3.